The molecule has 0 radical (unpaired) electrons. The zero-order valence-corrected chi connectivity index (χ0v) is 7.37. The second-order valence-corrected chi connectivity index (χ2v) is 2.55. The fourth-order valence-corrected chi connectivity index (χ4v) is 1.11. The van der Waals surface area contributed by atoms with Crippen molar-refractivity contribution in [2.24, 2.45) is 0 Å². The van der Waals surface area contributed by atoms with E-state index in [2.05, 4.69) is 11.6 Å². The molecule has 0 bridgehead atoms. The van der Waals surface area contributed by atoms with Crippen LogP contribution in [-0.4, -0.2) is 16.1 Å². The number of aromatic amines is 1. The molecule has 1 aromatic rings. The number of allylic oxidation sites excluding steroid dienone is 1. The van der Waals surface area contributed by atoms with E-state index in [9.17, 15) is 4.79 Å². The van der Waals surface area contributed by atoms with Crippen LogP contribution in [0, 0.1) is 0 Å². The Labute approximate surface area is 75.7 Å². The first-order chi connectivity index (χ1) is 6.19. The molecule has 3 heteroatoms. The molecule has 68 valence electrons. The van der Waals surface area contributed by atoms with Gasteiger partial charge in [0.05, 0.1) is 0 Å². The van der Waals surface area contributed by atoms with Crippen molar-refractivity contribution in [3.8, 4) is 0 Å². The summed E-state index contributed by atoms with van der Waals surface area (Å²) in [5.74, 6) is -0.952. The predicted molar refractivity (Wildman–Crippen MR) is 51.8 cm³/mol. The molecule has 13 heavy (non-hydrogen) atoms. The molecule has 0 unspecified atom stereocenters. The van der Waals surface area contributed by atoms with Crippen LogP contribution < -0.4 is 10.6 Å². The second-order valence-electron chi connectivity index (χ2n) is 2.55. The highest BCUT2D eigenvalue weighted by Gasteiger charge is 2.03. The number of carboxylic acids is 1. The summed E-state index contributed by atoms with van der Waals surface area (Å²) >= 11 is 0. The molecular formula is C10H11NO2. The van der Waals surface area contributed by atoms with Crippen molar-refractivity contribution < 1.29 is 9.90 Å². The molecule has 0 fully saturated rings. The molecule has 2 N–H and O–H groups in total. The van der Waals surface area contributed by atoms with Crippen LogP contribution in [0.5, 0.6) is 0 Å². The van der Waals surface area contributed by atoms with E-state index >= 15 is 0 Å². The predicted octanol–water partition coefficient (Wildman–Crippen LogP) is 0.480. The lowest BCUT2D eigenvalue weighted by molar-refractivity contribution is 0.0691. The molecule has 0 amide bonds. The molecule has 0 spiro atoms. The van der Waals surface area contributed by atoms with Gasteiger partial charge in [-0.3, -0.25) is 0 Å². The molecule has 0 atom stereocenters. The Bertz CT molecular complexity index is 440. The van der Waals surface area contributed by atoms with Gasteiger partial charge in [-0.2, -0.15) is 0 Å². The van der Waals surface area contributed by atoms with Gasteiger partial charge in [0.15, 0.2) is 0 Å². The molecule has 0 saturated heterocycles. The third kappa shape index (κ3) is 1.87. The first-order valence-corrected chi connectivity index (χ1v) is 3.90. The standard InChI is InChI=1S/C10H11NO2/c1-3-5-7-6-9(10(12)13)11-8(7)4-2/h3-6,11H,1H2,2H3,(H,12,13)/b7-5-,8-4+. The Balaban J connectivity index is 3.46. The quantitative estimate of drug-likeness (QED) is 0.690. The lowest BCUT2D eigenvalue weighted by Crippen LogP contribution is -2.20. The Morgan fingerprint density at radius 3 is 2.85 bits per heavy atom. The van der Waals surface area contributed by atoms with Crippen LogP contribution in [0.3, 0.4) is 0 Å². The maximum Gasteiger partial charge on any atom is 0.352 e. The van der Waals surface area contributed by atoms with Gasteiger partial charge < -0.3 is 10.1 Å². The number of aromatic carboxylic acids is 1. The number of carboxylic acid groups (broad SMARTS) is 1. The largest absolute Gasteiger partial charge is 0.477 e. The van der Waals surface area contributed by atoms with E-state index < -0.39 is 5.97 Å². The zero-order valence-electron chi connectivity index (χ0n) is 7.37. The van der Waals surface area contributed by atoms with E-state index in [1.807, 2.05) is 13.0 Å². The number of hydrogen-bond donors (Lipinski definition) is 2. The third-order valence-electron chi connectivity index (χ3n) is 1.70. The first kappa shape index (κ1) is 9.32. The Morgan fingerprint density at radius 2 is 2.38 bits per heavy atom. The van der Waals surface area contributed by atoms with E-state index in [-0.39, 0.29) is 5.69 Å². The third-order valence-corrected chi connectivity index (χ3v) is 1.70. The van der Waals surface area contributed by atoms with Crippen LogP contribution >= 0.6 is 0 Å². The smallest absolute Gasteiger partial charge is 0.352 e. The average Bonchev–Trinajstić information content (AvgIpc) is 2.48. The number of carbonyl (C=O) groups is 1. The van der Waals surface area contributed by atoms with Crippen molar-refractivity contribution in [1.29, 1.82) is 0 Å². The molecule has 3 nitrogen and oxygen atoms in total. The lowest BCUT2D eigenvalue weighted by atomic mass is 10.3. The van der Waals surface area contributed by atoms with Crippen LogP contribution in [-0.2, 0) is 0 Å². The van der Waals surface area contributed by atoms with E-state index in [0.717, 1.165) is 10.6 Å². The Morgan fingerprint density at radius 1 is 1.69 bits per heavy atom. The van der Waals surface area contributed by atoms with Crippen LogP contribution in [0.25, 0.3) is 12.2 Å². The number of hydrogen-bond acceptors (Lipinski definition) is 1. The normalized spacial score (nSPS) is 13.3. The Kier molecular flexibility index (Phi) is 2.69. The highest BCUT2D eigenvalue weighted by molar-refractivity contribution is 5.85. The maximum atomic E-state index is 10.6. The Hall–Kier alpha value is -1.77. The summed E-state index contributed by atoms with van der Waals surface area (Å²) in [5.41, 5.74) is 0.196. The van der Waals surface area contributed by atoms with Gasteiger partial charge >= 0.3 is 5.97 Å². The summed E-state index contributed by atoms with van der Waals surface area (Å²) in [6.45, 7) is 5.40. The van der Waals surface area contributed by atoms with Crippen molar-refractivity contribution in [2.75, 3.05) is 0 Å². The number of nitrogens with one attached hydrogen (secondary N) is 1. The van der Waals surface area contributed by atoms with Gasteiger partial charge in [0.25, 0.3) is 0 Å². The molecule has 1 heterocycles. The highest BCUT2D eigenvalue weighted by Crippen LogP contribution is 1.85. The van der Waals surface area contributed by atoms with Gasteiger partial charge in [-0.25, -0.2) is 4.79 Å². The summed E-state index contributed by atoms with van der Waals surface area (Å²) < 4.78 is 0. The topological polar surface area (TPSA) is 53.1 Å². The van der Waals surface area contributed by atoms with Crippen LogP contribution in [0.15, 0.2) is 18.7 Å². The summed E-state index contributed by atoms with van der Waals surface area (Å²) in [6, 6.07) is 1.58. The van der Waals surface area contributed by atoms with Gasteiger partial charge in [0, 0.05) is 5.35 Å². The second kappa shape index (κ2) is 3.76. The van der Waals surface area contributed by atoms with Gasteiger partial charge in [-0.15, -0.1) is 0 Å². The van der Waals surface area contributed by atoms with Gasteiger partial charge in [-0.1, -0.05) is 24.8 Å². The average molecular weight is 177 g/mol. The molecule has 0 aromatic carbocycles. The van der Waals surface area contributed by atoms with Crippen molar-refractivity contribution in [3.05, 3.63) is 35.0 Å². The van der Waals surface area contributed by atoms with Gasteiger partial charge in [0.2, 0.25) is 0 Å². The van der Waals surface area contributed by atoms with Crippen molar-refractivity contribution >= 4 is 18.1 Å². The minimum atomic E-state index is -0.952. The zero-order chi connectivity index (χ0) is 9.84. The van der Waals surface area contributed by atoms with E-state index in [4.69, 9.17) is 5.11 Å². The van der Waals surface area contributed by atoms with Crippen molar-refractivity contribution in [1.82, 2.24) is 4.98 Å². The lowest BCUT2D eigenvalue weighted by Gasteiger charge is -1.82. The fraction of sp³-hybridized carbons (Fsp3) is 0.100. The SMILES string of the molecule is C=C/C=c1/cc(C(=O)O)[nH]/c1=C/C. The van der Waals surface area contributed by atoms with Crippen molar-refractivity contribution in [3.63, 3.8) is 0 Å². The van der Waals surface area contributed by atoms with Crippen LogP contribution in [0.4, 0.5) is 0 Å². The fourth-order valence-electron chi connectivity index (χ4n) is 1.11. The minimum absolute atomic E-state index is 0.196. The molecule has 1 rings (SSSR count). The molecule has 0 aliphatic heterocycles. The van der Waals surface area contributed by atoms with Crippen LogP contribution in [0.2, 0.25) is 0 Å². The summed E-state index contributed by atoms with van der Waals surface area (Å²) in [7, 11) is 0. The van der Waals surface area contributed by atoms with Gasteiger partial charge in [-0.05, 0) is 18.2 Å². The van der Waals surface area contributed by atoms with E-state index in [0.29, 0.717) is 0 Å². The van der Waals surface area contributed by atoms with Crippen molar-refractivity contribution in [2.45, 2.75) is 6.92 Å². The molecule has 0 saturated carbocycles. The summed E-state index contributed by atoms with van der Waals surface area (Å²) in [6.07, 6.45) is 5.21. The summed E-state index contributed by atoms with van der Waals surface area (Å²) in [4.78, 5) is 13.4. The summed E-state index contributed by atoms with van der Waals surface area (Å²) in [5, 5.41) is 10.3. The molecule has 1 aromatic heterocycles. The van der Waals surface area contributed by atoms with Gasteiger partial charge in [0.1, 0.15) is 5.69 Å². The molecule has 0 aliphatic rings. The maximum absolute atomic E-state index is 10.6. The van der Waals surface area contributed by atoms with Crippen LogP contribution in [0.1, 0.15) is 17.4 Å². The minimum Gasteiger partial charge on any atom is -0.477 e. The molecular weight excluding hydrogens is 166 g/mol. The monoisotopic (exact) mass is 177 g/mol. The molecule has 0 aliphatic carbocycles. The number of aromatic nitrogens is 1. The van der Waals surface area contributed by atoms with E-state index in [1.165, 1.54) is 0 Å². The number of rotatable bonds is 2. The first-order valence-electron chi connectivity index (χ1n) is 3.90. The van der Waals surface area contributed by atoms with E-state index in [1.54, 1.807) is 18.2 Å². The number of H-pyrrole nitrogens is 1. The highest BCUT2D eigenvalue weighted by atomic mass is 16.4.